The molecule has 0 unspecified atom stereocenters. The van der Waals surface area contributed by atoms with Crippen LogP contribution >= 0.6 is 11.6 Å². The van der Waals surface area contributed by atoms with Crippen LogP contribution in [-0.2, 0) is 20.8 Å². The number of amides is 2. The van der Waals surface area contributed by atoms with Crippen LogP contribution in [0.4, 0.5) is 0 Å². The van der Waals surface area contributed by atoms with Crippen molar-refractivity contribution in [3.05, 3.63) is 70.7 Å². The zero-order valence-corrected chi connectivity index (χ0v) is 17.1. The Bertz CT molecular complexity index is 882. The minimum absolute atomic E-state index is 0.0275. The molecule has 1 aliphatic heterocycles. The molecule has 2 aromatic rings. The highest BCUT2D eigenvalue weighted by molar-refractivity contribution is 6.30. The highest BCUT2D eigenvalue weighted by atomic mass is 35.5. The van der Waals surface area contributed by atoms with E-state index in [1.165, 1.54) is 0 Å². The van der Waals surface area contributed by atoms with Crippen molar-refractivity contribution in [1.29, 1.82) is 0 Å². The van der Waals surface area contributed by atoms with Gasteiger partial charge < -0.3 is 15.5 Å². The minimum Gasteiger partial charge on any atom is -0.382 e. The summed E-state index contributed by atoms with van der Waals surface area (Å²) in [5.74, 6) is -0.591. The van der Waals surface area contributed by atoms with Gasteiger partial charge in [0.2, 0.25) is 12.0 Å². The van der Waals surface area contributed by atoms with Gasteiger partial charge in [0.1, 0.15) is 6.04 Å². The molecular formula is C22H24ClN3O3. The van der Waals surface area contributed by atoms with Crippen molar-refractivity contribution in [2.45, 2.75) is 44.9 Å². The van der Waals surface area contributed by atoms with E-state index in [9.17, 15) is 9.59 Å². The lowest BCUT2D eigenvalue weighted by Crippen LogP contribution is -2.52. The maximum Gasteiger partial charge on any atom is 0.265 e. The molecule has 0 saturated carbocycles. The number of nitrogens with one attached hydrogen (secondary N) is 2. The van der Waals surface area contributed by atoms with E-state index in [1.807, 2.05) is 56.3 Å². The van der Waals surface area contributed by atoms with Gasteiger partial charge in [0.15, 0.2) is 0 Å². The Morgan fingerprint density at radius 1 is 1.10 bits per heavy atom. The Labute approximate surface area is 175 Å². The van der Waals surface area contributed by atoms with Crippen molar-refractivity contribution in [3.8, 4) is 0 Å². The lowest BCUT2D eigenvalue weighted by atomic mass is 10.0. The molecule has 152 valence electrons. The van der Waals surface area contributed by atoms with Gasteiger partial charge in [-0.25, -0.2) is 0 Å². The highest BCUT2D eigenvalue weighted by Crippen LogP contribution is 2.19. The fourth-order valence-corrected chi connectivity index (χ4v) is 3.17. The third-order valence-electron chi connectivity index (χ3n) is 4.49. The summed E-state index contributed by atoms with van der Waals surface area (Å²) in [5, 5.41) is 10.3. The zero-order valence-electron chi connectivity index (χ0n) is 16.4. The van der Waals surface area contributed by atoms with Crippen molar-refractivity contribution in [2.24, 2.45) is 5.16 Å². The van der Waals surface area contributed by atoms with Gasteiger partial charge in [-0.3, -0.25) is 9.59 Å². The minimum atomic E-state index is -0.772. The van der Waals surface area contributed by atoms with Crippen LogP contribution < -0.4 is 10.6 Å². The van der Waals surface area contributed by atoms with Crippen molar-refractivity contribution in [2.75, 3.05) is 0 Å². The fraction of sp³-hybridized carbons (Fsp3) is 0.318. The van der Waals surface area contributed by atoms with E-state index in [4.69, 9.17) is 16.4 Å². The van der Waals surface area contributed by atoms with Gasteiger partial charge in [-0.15, -0.1) is 0 Å². The normalized spacial score (nSPS) is 16.7. The summed E-state index contributed by atoms with van der Waals surface area (Å²) in [7, 11) is 0. The van der Waals surface area contributed by atoms with Gasteiger partial charge >= 0.3 is 0 Å². The predicted octanol–water partition coefficient (Wildman–Crippen LogP) is 3.09. The van der Waals surface area contributed by atoms with Crippen LogP contribution in [0.2, 0.25) is 5.02 Å². The van der Waals surface area contributed by atoms with Crippen LogP contribution in [0.3, 0.4) is 0 Å². The molecule has 0 aliphatic carbocycles. The Kier molecular flexibility index (Phi) is 6.88. The first-order valence-electron chi connectivity index (χ1n) is 9.55. The zero-order chi connectivity index (χ0) is 20.8. The van der Waals surface area contributed by atoms with E-state index < -0.39 is 12.1 Å². The first-order valence-corrected chi connectivity index (χ1v) is 9.93. The second-order valence-corrected chi connectivity index (χ2v) is 7.69. The molecule has 3 rings (SSSR count). The van der Waals surface area contributed by atoms with Gasteiger partial charge in [-0.05, 0) is 37.1 Å². The van der Waals surface area contributed by atoms with Crippen LogP contribution in [0.15, 0.2) is 59.8 Å². The number of benzene rings is 2. The molecule has 7 heteroatoms. The maximum atomic E-state index is 12.8. The predicted molar refractivity (Wildman–Crippen MR) is 113 cm³/mol. The van der Waals surface area contributed by atoms with E-state index in [-0.39, 0.29) is 17.9 Å². The van der Waals surface area contributed by atoms with Crippen LogP contribution in [0, 0.1) is 0 Å². The van der Waals surface area contributed by atoms with Crippen molar-refractivity contribution in [3.63, 3.8) is 0 Å². The van der Waals surface area contributed by atoms with E-state index in [2.05, 4.69) is 15.8 Å². The first kappa shape index (κ1) is 20.9. The molecule has 0 bridgehead atoms. The number of hydrogen-bond acceptors (Lipinski definition) is 4. The maximum absolute atomic E-state index is 12.8. The Morgan fingerprint density at radius 2 is 1.79 bits per heavy atom. The molecule has 0 aromatic heterocycles. The molecule has 2 aromatic carbocycles. The average molecular weight is 414 g/mol. The summed E-state index contributed by atoms with van der Waals surface area (Å²) in [5.41, 5.74) is 2.48. The summed E-state index contributed by atoms with van der Waals surface area (Å²) in [6, 6.07) is 16.0. The number of carbonyl (C=O) groups is 2. The SMILES string of the molecule is CC(C)NC(=O)[C@H](Cc1ccccc1)NC(=O)[C@H]1CC(c2ccc(Cl)cc2)=NO1. The van der Waals surface area contributed by atoms with Gasteiger partial charge in [0, 0.05) is 23.9 Å². The summed E-state index contributed by atoms with van der Waals surface area (Å²) in [6.45, 7) is 3.76. The standard InChI is InChI=1S/C22H24ClN3O3/c1-14(2)24-21(27)19(12-15-6-4-3-5-7-15)25-22(28)20-13-18(26-29-20)16-8-10-17(23)11-9-16/h3-11,14,19-20H,12-13H2,1-2H3,(H,24,27)(H,25,28)/t19-,20+/m0/s1. The summed E-state index contributed by atoms with van der Waals surface area (Å²) >= 11 is 5.91. The Hall–Kier alpha value is -2.86. The summed E-state index contributed by atoms with van der Waals surface area (Å²) < 4.78 is 0. The summed E-state index contributed by atoms with van der Waals surface area (Å²) in [4.78, 5) is 30.7. The number of nitrogens with zero attached hydrogens (tertiary/aromatic N) is 1. The highest BCUT2D eigenvalue weighted by Gasteiger charge is 2.32. The molecule has 0 fully saturated rings. The molecule has 2 amide bonds. The topological polar surface area (TPSA) is 79.8 Å². The van der Waals surface area contributed by atoms with Crippen molar-refractivity contribution < 1.29 is 14.4 Å². The second kappa shape index (κ2) is 9.56. The number of hydrogen-bond donors (Lipinski definition) is 2. The van der Waals surface area contributed by atoms with Crippen LogP contribution in [0.5, 0.6) is 0 Å². The van der Waals surface area contributed by atoms with Gasteiger partial charge in [-0.1, -0.05) is 59.2 Å². The lowest BCUT2D eigenvalue weighted by Gasteiger charge is -2.21. The number of carbonyl (C=O) groups excluding carboxylic acids is 2. The van der Waals surface area contributed by atoms with E-state index in [0.29, 0.717) is 23.6 Å². The van der Waals surface area contributed by atoms with E-state index in [0.717, 1.165) is 11.1 Å². The van der Waals surface area contributed by atoms with Gasteiger partial charge in [0.25, 0.3) is 5.91 Å². The monoisotopic (exact) mass is 413 g/mol. The van der Waals surface area contributed by atoms with Crippen LogP contribution in [-0.4, -0.2) is 35.7 Å². The van der Waals surface area contributed by atoms with E-state index >= 15 is 0 Å². The third-order valence-corrected chi connectivity index (χ3v) is 4.74. The molecule has 0 radical (unpaired) electrons. The number of halogens is 1. The molecule has 2 atom stereocenters. The second-order valence-electron chi connectivity index (χ2n) is 7.26. The molecule has 0 spiro atoms. The molecular weight excluding hydrogens is 390 g/mol. The Morgan fingerprint density at radius 3 is 2.45 bits per heavy atom. The largest absolute Gasteiger partial charge is 0.382 e. The number of rotatable bonds is 7. The Balaban J connectivity index is 1.65. The van der Waals surface area contributed by atoms with Crippen LogP contribution in [0.1, 0.15) is 31.4 Å². The quantitative estimate of drug-likeness (QED) is 0.732. The molecule has 1 heterocycles. The number of oxime groups is 1. The van der Waals surface area contributed by atoms with Crippen LogP contribution in [0.25, 0.3) is 0 Å². The lowest BCUT2D eigenvalue weighted by molar-refractivity contribution is -0.135. The molecule has 2 N–H and O–H groups in total. The summed E-state index contributed by atoms with van der Waals surface area (Å²) in [6.07, 6.45) is -0.0501. The van der Waals surface area contributed by atoms with Crippen molar-refractivity contribution >= 4 is 29.1 Å². The molecule has 0 saturated heterocycles. The molecule has 1 aliphatic rings. The molecule has 6 nitrogen and oxygen atoms in total. The van der Waals surface area contributed by atoms with Gasteiger partial charge in [0.05, 0.1) is 5.71 Å². The smallest absolute Gasteiger partial charge is 0.265 e. The van der Waals surface area contributed by atoms with Crippen molar-refractivity contribution in [1.82, 2.24) is 10.6 Å². The molecule has 29 heavy (non-hydrogen) atoms. The fourth-order valence-electron chi connectivity index (χ4n) is 3.04. The van der Waals surface area contributed by atoms with E-state index in [1.54, 1.807) is 12.1 Å². The third kappa shape index (κ3) is 5.81. The first-order chi connectivity index (χ1) is 13.9. The van der Waals surface area contributed by atoms with Gasteiger partial charge in [-0.2, -0.15) is 0 Å². The average Bonchev–Trinajstić information content (AvgIpc) is 3.18.